The smallest absolute Gasteiger partial charge is 0.0101 e. The average Bonchev–Trinajstić information content (AvgIpc) is 2.91. The Balaban J connectivity index is 1.51. The van der Waals surface area contributed by atoms with Crippen LogP contribution in [-0.2, 0) is 0 Å². The summed E-state index contributed by atoms with van der Waals surface area (Å²) in [6.45, 7) is 0. The van der Waals surface area contributed by atoms with Crippen molar-refractivity contribution in [1.82, 2.24) is 5.32 Å². The molecule has 3 aliphatic rings. The van der Waals surface area contributed by atoms with E-state index in [1.807, 2.05) is 0 Å². The SMILES string of the molecule is CSC1CCCC(NC2CC3CCC2C3)C1. The van der Waals surface area contributed by atoms with E-state index >= 15 is 0 Å². The molecule has 3 saturated carbocycles. The van der Waals surface area contributed by atoms with Crippen LogP contribution in [0.2, 0.25) is 0 Å². The van der Waals surface area contributed by atoms with Crippen LogP contribution in [0.15, 0.2) is 0 Å². The molecule has 0 spiro atoms. The van der Waals surface area contributed by atoms with Crippen molar-refractivity contribution in [2.45, 2.75) is 68.7 Å². The molecule has 16 heavy (non-hydrogen) atoms. The Labute approximate surface area is 104 Å². The molecule has 5 atom stereocenters. The van der Waals surface area contributed by atoms with E-state index in [-0.39, 0.29) is 0 Å². The van der Waals surface area contributed by atoms with Crippen LogP contribution < -0.4 is 5.32 Å². The predicted molar refractivity (Wildman–Crippen MR) is 71.9 cm³/mol. The van der Waals surface area contributed by atoms with Crippen LogP contribution in [-0.4, -0.2) is 23.6 Å². The standard InChI is InChI=1S/C14H25NS/c1-16-13-4-2-3-12(9-13)15-14-8-10-5-6-11(14)7-10/h10-15H,2-9H2,1H3. The Kier molecular flexibility index (Phi) is 3.49. The molecule has 0 amide bonds. The molecule has 0 aromatic heterocycles. The Morgan fingerprint density at radius 3 is 2.62 bits per heavy atom. The summed E-state index contributed by atoms with van der Waals surface area (Å²) >= 11 is 2.08. The van der Waals surface area contributed by atoms with Gasteiger partial charge in [0.25, 0.3) is 0 Å². The van der Waals surface area contributed by atoms with Crippen molar-refractivity contribution < 1.29 is 0 Å². The normalized spacial score (nSPS) is 47.4. The molecule has 2 heteroatoms. The second-order valence-corrected chi connectivity index (χ2v) is 7.31. The van der Waals surface area contributed by atoms with Crippen molar-refractivity contribution in [3.63, 3.8) is 0 Å². The first-order valence-electron chi connectivity index (χ1n) is 7.14. The highest BCUT2D eigenvalue weighted by Gasteiger charge is 2.40. The van der Waals surface area contributed by atoms with Crippen molar-refractivity contribution in [3.8, 4) is 0 Å². The van der Waals surface area contributed by atoms with Crippen molar-refractivity contribution in [2.75, 3.05) is 6.26 Å². The van der Waals surface area contributed by atoms with E-state index in [2.05, 4.69) is 23.3 Å². The molecule has 5 unspecified atom stereocenters. The minimum absolute atomic E-state index is 0.843. The van der Waals surface area contributed by atoms with E-state index in [1.165, 1.54) is 51.4 Å². The van der Waals surface area contributed by atoms with Gasteiger partial charge in [-0.1, -0.05) is 12.8 Å². The van der Waals surface area contributed by atoms with Gasteiger partial charge in [0.05, 0.1) is 0 Å². The second-order valence-electron chi connectivity index (χ2n) is 6.17. The molecule has 1 nitrogen and oxygen atoms in total. The molecule has 92 valence electrons. The van der Waals surface area contributed by atoms with Crippen molar-refractivity contribution in [1.29, 1.82) is 0 Å². The maximum absolute atomic E-state index is 4.00. The molecule has 3 fully saturated rings. The second kappa shape index (κ2) is 4.89. The Hall–Kier alpha value is 0.310. The molecule has 2 bridgehead atoms. The van der Waals surface area contributed by atoms with Gasteiger partial charge in [0.1, 0.15) is 0 Å². The molecule has 0 aromatic carbocycles. The first kappa shape index (κ1) is 11.4. The zero-order valence-electron chi connectivity index (χ0n) is 10.5. The maximum Gasteiger partial charge on any atom is 0.0101 e. The number of thioether (sulfide) groups is 1. The summed E-state index contributed by atoms with van der Waals surface area (Å²) < 4.78 is 0. The zero-order chi connectivity index (χ0) is 11.0. The lowest BCUT2D eigenvalue weighted by molar-refractivity contribution is 0.281. The van der Waals surface area contributed by atoms with Gasteiger partial charge in [-0.3, -0.25) is 0 Å². The zero-order valence-corrected chi connectivity index (χ0v) is 11.3. The molecule has 0 aromatic rings. The van der Waals surface area contributed by atoms with Gasteiger partial charge in [0.15, 0.2) is 0 Å². The fraction of sp³-hybridized carbons (Fsp3) is 1.00. The quantitative estimate of drug-likeness (QED) is 0.809. The lowest BCUT2D eigenvalue weighted by Gasteiger charge is -2.33. The fourth-order valence-corrected chi connectivity index (χ4v) is 5.09. The molecule has 0 heterocycles. The van der Waals surface area contributed by atoms with E-state index in [9.17, 15) is 0 Å². The third-order valence-corrected chi connectivity index (χ3v) is 6.24. The summed E-state index contributed by atoms with van der Waals surface area (Å²) in [5.41, 5.74) is 0. The van der Waals surface area contributed by atoms with E-state index in [1.54, 1.807) is 0 Å². The summed E-state index contributed by atoms with van der Waals surface area (Å²) in [4.78, 5) is 0. The van der Waals surface area contributed by atoms with Crippen LogP contribution in [0.25, 0.3) is 0 Å². The number of hydrogen-bond acceptors (Lipinski definition) is 2. The number of nitrogens with one attached hydrogen (secondary N) is 1. The summed E-state index contributed by atoms with van der Waals surface area (Å²) in [6.07, 6.45) is 14.1. The van der Waals surface area contributed by atoms with Gasteiger partial charge in [0, 0.05) is 17.3 Å². The molecule has 0 aliphatic heterocycles. The Morgan fingerprint density at radius 1 is 1.00 bits per heavy atom. The molecule has 3 rings (SSSR count). The third-order valence-electron chi connectivity index (χ3n) is 5.15. The highest BCUT2D eigenvalue weighted by Crippen LogP contribution is 2.45. The van der Waals surface area contributed by atoms with Crippen LogP contribution >= 0.6 is 11.8 Å². The number of fused-ring (bicyclic) bond motifs is 2. The molecular weight excluding hydrogens is 214 g/mol. The Bertz CT molecular complexity index is 243. The fourth-order valence-electron chi connectivity index (χ4n) is 4.26. The van der Waals surface area contributed by atoms with Crippen LogP contribution in [0.4, 0.5) is 0 Å². The third kappa shape index (κ3) is 2.28. The number of rotatable bonds is 3. The van der Waals surface area contributed by atoms with Gasteiger partial charge in [-0.25, -0.2) is 0 Å². The van der Waals surface area contributed by atoms with E-state index in [0.717, 1.165) is 29.2 Å². The molecule has 3 aliphatic carbocycles. The van der Waals surface area contributed by atoms with Crippen molar-refractivity contribution in [3.05, 3.63) is 0 Å². The van der Waals surface area contributed by atoms with Gasteiger partial charge < -0.3 is 5.32 Å². The highest BCUT2D eigenvalue weighted by molar-refractivity contribution is 7.99. The maximum atomic E-state index is 4.00. The minimum atomic E-state index is 0.843. The first-order valence-corrected chi connectivity index (χ1v) is 8.43. The molecule has 0 saturated heterocycles. The van der Waals surface area contributed by atoms with Crippen LogP contribution in [0.5, 0.6) is 0 Å². The van der Waals surface area contributed by atoms with Crippen molar-refractivity contribution in [2.24, 2.45) is 11.8 Å². The molecule has 1 N–H and O–H groups in total. The lowest BCUT2D eigenvalue weighted by atomic mass is 9.90. The summed E-state index contributed by atoms with van der Waals surface area (Å²) in [6, 6.07) is 1.74. The van der Waals surface area contributed by atoms with Crippen LogP contribution in [0, 0.1) is 11.8 Å². The van der Waals surface area contributed by atoms with Gasteiger partial charge in [0.2, 0.25) is 0 Å². The summed E-state index contributed by atoms with van der Waals surface area (Å²) in [5.74, 6) is 2.13. The van der Waals surface area contributed by atoms with Gasteiger partial charge in [-0.2, -0.15) is 11.8 Å². The Morgan fingerprint density at radius 2 is 1.94 bits per heavy atom. The first-order chi connectivity index (χ1) is 7.85. The predicted octanol–water partition coefficient (Wildman–Crippen LogP) is 3.44. The lowest BCUT2D eigenvalue weighted by Crippen LogP contribution is -2.44. The molecular formula is C14H25NS. The summed E-state index contributed by atoms with van der Waals surface area (Å²) in [5, 5.41) is 4.94. The average molecular weight is 239 g/mol. The number of hydrogen-bond donors (Lipinski definition) is 1. The molecule has 0 radical (unpaired) electrons. The monoisotopic (exact) mass is 239 g/mol. The topological polar surface area (TPSA) is 12.0 Å². The van der Waals surface area contributed by atoms with E-state index < -0.39 is 0 Å². The minimum Gasteiger partial charge on any atom is -0.311 e. The van der Waals surface area contributed by atoms with E-state index in [4.69, 9.17) is 0 Å². The van der Waals surface area contributed by atoms with Gasteiger partial charge in [-0.15, -0.1) is 0 Å². The van der Waals surface area contributed by atoms with Crippen LogP contribution in [0.1, 0.15) is 51.4 Å². The van der Waals surface area contributed by atoms with Crippen LogP contribution in [0.3, 0.4) is 0 Å². The largest absolute Gasteiger partial charge is 0.311 e. The van der Waals surface area contributed by atoms with Gasteiger partial charge >= 0.3 is 0 Å². The summed E-state index contributed by atoms with van der Waals surface area (Å²) in [7, 11) is 0. The van der Waals surface area contributed by atoms with Crippen molar-refractivity contribution >= 4 is 11.8 Å². The van der Waals surface area contributed by atoms with Gasteiger partial charge in [-0.05, 0) is 56.6 Å². The highest BCUT2D eigenvalue weighted by atomic mass is 32.2. The van der Waals surface area contributed by atoms with E-state index in [0.29, 0.717) is 0 Å².